The van der Waals surface area contributed by atoms with E-state index in [1.54, 1.807) is 66.7 Å². The summed E-state index contributed by atoms with van der Waals surface area (Å²) in [4.78, 5) is 51.1. The lowest BCUT2D eigenvalue weighted by molar-refractivity contribution is -0.114. The van der Waals surface area contributed by atoms with E-state index in [2.05, 4.69) is 16.0 Å². The number of carbonyl (C=O) groups excluding carboxylic acids is 3. The molecule has 0 heterocycles. The van der Waals surface area contributed by atoms with Crippen LogP contribution < -0.4 is 30.2 Å². The van der Waals surface area contributed by atoms with Crippen LogP contribution in [0.2, 0.25) is 5.02 Å². The number of amides is 3. The van der Waals surface area contributed by atoms with Crippen LogP contribution in [0.4, 0.5) is 11.4 Å². The summed E-state index contributed by atoms with van der Waals surface area (Å²) >= 11 is 7.13. The maximum absolute atomic E-state index is 13.5. The van der Waals surface area contributed by atoms with Gasteiger partial charge >= 0.3 is 5.97 Å². The van der Waals surface area contributed by atoms with E-state index >= 15 is 0 Å². The first-order valence-corrected chi connectivity index (χ1v) is 15.2. The van der Waals surface area contributed by atoms with Gasteiger partial charge in [-0.2, -0.15) is 0 Å². The van der Waals surface area contributed by atoms with Gasteiger partial charge in [-0.3, -0.25) is 14.4 Å². The summed E-state index contributed by atoms with van der Waals surface area (Å²) in [7, 11) is 4.44. The summed E-state index contributed by atoms with van der Waals surface area (Å²) in [6, 6.07) is 22.7. The molecule has 0 atom stereocenters. The summed E-state index contributed by atoms with van der Waals surface area (Å²) < 4.78 is 16.3. The van der Waals surface area contributed by atoms with Crippen LogP contribution in [0.15, 0.2) is 95.5 Å². The maximum Gasteiger partial charge on any atom is 0.337 e. The molecule has 0 aromatic heterocycles. The average molecular weight is 676 g/mol. The van der Waals surface area contributed by atoms with Gasteiger partial charge in [0, 0.05) is 33.5 Å². The van der Waals surface area contributed by atoms with Crippen molar-refractivity contribution in [3.63, 3.8) is 0 Å². The first-order valence-electron chi connectivity index (χ1n) is 13.9. The summed E-state index contributed by atoms with van der Waals surface area (Å²) in [5.74, 6) is -1.39. The summed E-state index contributed by atoms with van der Waals surface area (Å²) in [5.41, 5.74) is 1.37. The zero-order valence-electron chi connectivity index (χ0n) is 25.5. The number of ether oxygens (including phenoxy) is 3. The number of carbonyl (C=O) groups is 4. The zero-order valence-corrected chi connectivity index (χ0v) is 27.0. The van der Waals surface area contributed by atoms with E-state index in [-0.39, 0.29) is 27.9 Å². The summed E-state index contributed by atoms with van der Waals surface area (Å²) in [6.07, 6.45) is 1.47. The Balaban J connectivity index is 1.48. The van der Waals surface area contributed by atoms with Gasteiger partial charge in [0.2, 0.25) is 5.91 Å². The Morgan fingerprint density at radius 3 is 2.06 bits per heavy atom. The second kappa shape index (κ2) is 16.2. The third kappa shape index (κ3) is 9.28. The summed E-state index contributed by atoms with van der Waals surface area (Å²) in [6.45, 7) is 0. The maximum atomic E-state index is 13.5. The number of halogens is 1. The van der Waals surface area contributed by atoms with E-state index in [0.29, 0.717) is 39.8 Å². The highest BCUT2D eigenvalue weighted by atomic mass is 35.5. The van der Waals surface area contributed by atoms with E-state index < -0.39 is 17.8 Å². The standard InChI is InChI=1S/C34H30ClN3O8S/c1-44-28-18-30(46-3)29(45-2)16-21(28)15-27(38-32(40)20-7-5-4-6-8-20)33(41)37-22-9-12-24(13-10-22)47-19-31(39)36-23-11-14-26(35)25(17-23)34(42)43/h4-18H,19H2,1-3H3,(H,36,39)(H,37,41)(H,38,40)(H,42,43)/b27-15-. The van der Waals surface area contributed by atoms with Crippen molar-refractivity contribution in [2.45, 2.75) is 4.90 Å². The number of carboxylic acid groups (broad SMARTS) is 1. The predicted octanol–water partition coefficient (Wildman–Crippen LogP) is 6.20. The molecule has 47 heavy (non-hydrogen) atoms. The number of rotatable bonds is 13. The second-order valence-corrected chi connectivity index (χ2v) is 11.1. The largest absolute Gasteiger partial charge is 0.496 e. The molecule has 0 aliphatic rings. The van der Waals surface area contributed by atoms with Crippen LogP contribution >= 0.6 is 23.4 Å². The van der Waals surface area contributed by atoms with E-state index in [0.717, 1.165) is 4.90 Å². The Morgan fingerprint density at radius 2 is 1.43 bits per heavy atom. The quantitative estimate of drug-likeness (QED) is 0.0958. The molecule has 0 spiro atoms. The summed E-state index contributed by atoms with van der Waals surface area (Å²) in [5, 5.41) is 17.4. The van der Waals surface area contributed by atoms with Gasteiger partial charge in [-0.25, -0.2) is 4.79 Å². The van der Waals surface area contributed by atoms with Gasteiger partial charge in [-0.15, -0.1) is 11.8 Å². The number of hydrogen-bond acceptors (Lipinski definition) is 8. The van der Waals surface area contributed by atoms with Gasteiger partial charge in [-0.1, -0.05) is 29.8 Å². The molecule has 0 unspecified atom stereocenters. The van der Waals surface area contributed by atoms with Gasteiger partial charge in [-0.05, 0) is 66.7 Å². The number of methoxy groups -OCH3 is 3. The number of carboxylic acids is 1. The lowest BCUT2D eigenvalue weighted by Gasteiger charge is -2.15. The molecule has 4 aromatic carbocycles. The van der Waals surface area contributed by atoms with Gasteiger partial charge in [0.05, 0.1) is 37.7 Å². The van der Waals surface area contributed by atoms with Crippen LogP contribution in [0.1, 0.15) is 26.3 Å². The van der Waals surface area contributed by atoms with Crippen LogP contribution in [-0.2, 0) is 9.59 Å². The lowest BCUT2D eigenvalue weighted by Crippen LogP contribution is -2.30. The fraction of sp³-hybridized carbons (Fsp3) is 0.118. The number of benzene rings is 4. The molecular formula is C34H30ClN3O8S. The molecule has 242 valence electrons. The number of nitrogens with one attached hydrogen (secondary N) is 3. The van der Waals surface area contributed by atoms with Crippen LogP contribution in [0.25, 0.3) is 6.08 Å². The van der Waals surface area contributed by atoms with Crippen molar-refractivity contribution in [3.8, 4) is 17.2 Å². The zero-order chi connectivity index (χ0) is 33.9. The highest BCUT2D eigenvalue weighted by Crippen LogP contribution is 2.35. The van der Waals surface area contributed by atoms with Crippen molar-refractivity contribution in [1.29, 1.82) is 0 Å². The van der Waals surface area contributed by atoms with Crippen molar-refractivity contribution < 1.29 is 38.5 Å². The number of aromatic carboxylic acids is 1. The Morgan fingerprint density at radius 1 is 0.787 bits per heavy atom. The van der Waals surface area contributed by atoms with E-state index in [9.17, 15) is 24.3 Å². The highest BCUT2D eigenvalue weighted by Gasteiger charge is 2.18. The molecule has 0 saturated carbocycles. The number of hydrogen-bond donors (Lipinski definition) is 4. The molecule has 0 saturated heterocycles. The van der Waals surface area contributed by atoms with Crippen molar-refractivity contribution in [1.82, 2.24) is 5.32 Å². The van der Waals surface area contributed by atoms with Crippen molar-refractivity contribution in [2.75, 3.05) is 37.7 Å². The molecule has 4 aromatic rings. The van der Waals surface area contributed by atoms with Crippen molar-refractivity contribution in [2.24, 2.45) is 0 Å². The molecule has 0 bridgehead atoms. The predicted molar refractivity (Wildman–Crippen MR) is 181 cm³/mol. The number of anilines is 2. The third-order valence-corrected chi connectivity index (χ3v) is 7.87. The van der Waals surface area contributed by atoms with Gasteiger partial charge < -0.3 is 35.3 Å². The van der Waals surface area contributed by atoms with Gasteiger partial charge in [0.15, 0.2) is 11.5 Å². The Labute approximate surface area is 279 Å². The topological polar surface area (TPSA) is 152 Å². The molecule has 3 amide bonds. The molecule has 0 aliphatic carbocycles. The average Bonchev–Trinajstić information content (AvgIpc) is 3.08. The highest BCUT2D eigenvalue weighted by molar-refractivity contribution is 8.00. The monoisotopic (exact) mass is 675 g/mol. The normalized spacial score (nSPS) is 10.9. The van der Waals surface area contributed by atoms with E-state index in [1.165, 1.54) is 57.4 Å². The minimum absolute atomic E-state index is 0.0439. The van der Waals surface area contributed by atoms with Crippen LogP contribution in [0.3, 0.4) is 0 Å². The molecule has 13 heteroatoms. The van der Waals surface area contributed by atoms with Crippen molar-refractivity contribution >= 4 is 64.5 Å². The van der Waals surface area contributed by atoms with Crippen molar-refractivity contribution in [3.05, 3.63) is 112 Å². The Hall–Kier alpha value is -5.46. The molecule has 0 aliphatic heterocycles. The third-order valence-electron chi connectivity index (χ3n) is 6.53. The molecule has 0 radical (unpaired) electrons. The fourth-order valence-electron chi connectivity index (χ4n) is 4.21. The van der Waals surface area contributed by atoms with Crippen LogP contribution in [0.5, 0.6) is 17.2 Å². The smallest absolute Gasteiger partial charge is 0.337 e. The van der Waals surface area contributed by atoms with Crippen LogP contribution in [0, 0.1) is 0 Å². The van der Waals surface area contributed by atoms with Gasteiger partial charge in [0.1, 0.15) is 11.4 Å². The lowest BCUT2D eigenvalue weighted by atomic mass is 10.1. The van der Waals surface area contributed by atoms with Gasteiger partial charge in [0.25, 0.3) is 11.8 Å². The fourth-order valence-corrected chi connectivity index (χ4v) is 5.11. The Bertz CT molecular complexity index is 1810. The first-order chi connectivity index (χ1) is 22.6. The Kier molecular flexibility index (Phi) is 11.9. The molecule has 4 rings (SSSR count). The first kappa shape index (κ1) is 34.4. The van der Waals surface area contributed by atoms with Crippen LogP contribution in [-0.4, -0.2) is 55.9 Å². The minimum Gasteiger partial charge on any atom is -0.496 e. The van der Waals surface area contributed by atoms with E-state index in [4.69, 9.17) is 25.8 Å². The van der Waals surface area contributed by atoms with E-state index in [1.807, 2.05) is 0 Å². The molecule has 0 fully saturated rings. The minimum atomic E-state index is -1.20. The molecule has 4 N–H and O–H groups in total. The SMILES string of the molecule is COc1cc(OC)c(OC)cc1/C=C(\NC(=O)c1ccccc1)C(=O)Nc1ccc(SCC(=O)Nc2ccc(Cl)c(C(=O)O)c2)cc1. The second-order valence-electron chi connectivity index (χ2n) is 9.64. The molecule has 11 nitrogen and oxygen atoms in total. The number of thioether (sulfide) groups is 1. The molecular weight excluding hydrogens is 646 g/mol.